The van der Waals surface area contributed by atoms with Crippen molar-refractivity contribution in [3.05, 3.63) is 89.9 Å². The molecule has 0 saturated heterocycles. The summed E-state index contributed by atoms with van der Waals surface area (Å²) in [6.07, 6.45) is 1.33. The molecule has 28 heavy (non-hydrogen) atoms. The first-order valence-electron chi connectivity index (χ1n) is 8.23. The van der Waals surface area contributed by atoms with Crippen LogP contribution in [0.15, 0.2) is 82.3 Å². The lowest BCUT2D eigenvalue weighted by molar-refractivity contribution is 0.0831. The van der Waals surface area contributed by atoms with Gasteiger partial charge in [0, 0.05) is 12.1 Å². The summed E-state index contributed by atoms with van der Waals surface area (Å²) >= 11 is 0. The molecule has 0 spiro atoms. The van der Waals surface area contributed by atoms with E-state index in [0.717, 1.165) is 5.56 Å². The zero-order chi connectivity index (χ0) is 20.0. The van der Waals surface area contributed by atoms with Crippen molar-refractivity contribution < 1.29 is 22.4 Å². The normalized spacial score (nSPS) is 11.0. The maximum atomic E-state index is 12.5. The smallest absolute Gasteiger partial charge is 0.305 e. The number of carbonyl (C=O) groups excluding carboxylic acids is 2. The molecule has 0 aliphatic heterocycles. The molecule has 2 aromatic carbocycles. The molecule has 3 rings (SSSR count). The van der Waals surface area contributed by atoms with Gasteiger partial charge in [-0.05, 0) is 35.9 Å². The topological polar surface area (TPSA) is 118 Å². The summed E-state index contributed by atoms with van der Waals surface area (Å²) < 4.78 is 32.3. The van der Waals surface area contributed by atoms with Crippen LogP contribution in [0.2, 0.25) is 0 Å². The molecule has 8 nitrogen and oxygen atoms in total. The molecule has 0 aliphatic rings. The SMILES string of the molecule is O=C(NNC(=O)c1ccco1)c1cccc(S(=O)(=O)NCc2ccccc2)c1. The molecule has 0 fully saturated rings. The van der Waals surface area contributed by atoms with Crippen molar-refractivity contribution >= 4 is 21.8 Å². The average molecular weight is 399 g/mol. The van der Waals surface area contributed by atoms with E-state index in [1.807, 2.05) is 18.2 Å². The van der Waals surface area contributed by atoms with Crippen LogP contribution in [-0.4, -0.2) is 20.2 Å². The first kappa shape index (κ1) is 19.3. The van der Waals surface area contributed by atoms with Gasteiger partial charge in [0.1, 0.15) is 0 Å². The van der Waals surface area contributed by atoms with E-state index >= 15 is 0 Å². The monoisotopic (exact) mass is 399 g/mol. The summed E-state index contributed by atoms with van der Waals surface area (Å²) in [7, 11) is -3.81. The van der Waals surface area contributed by atoms with Crippen molar-refractivity contribution in [1.82, 2.24) is 15.6 Å². The van der Waals surface area contributed by atoms with Crippen molar-refractivity contribution in [3.63, 3.8) is 0 Å². The highest BCUT2D eigenvalue weighted by Gasteiger charge is 2.17. The van der Waals surface area contributed by atoms with Crippen LogP contribution in [0, 0.1) is 0 Å². The molecule has 0 aliphatic carbocycles. The molecular weight excluding hydrogens is 382 g/mol. The number of amides is 2. The van der Waals surface area contributed by atoms with E-state index in [0.29, 0.717) is 0 Å². The van der Waals surface area contributed by atoms with Crippen LogP contribution in [0.4, 0.5) is 0 Å². The van der Waals surface area contributed by atoms with E-state index < -0.39 is 21.8 Å². The molecule has 0 atom stereocenters. The lowest BCUT2D eigenvalue weighted by atomic mass is 10.2. The van der Waals surface area contributed by atoms with Crippen molar-refractivity contribution in [1.29, 1.82) is 0 Å². The Balaban J connectivity index is 1.65. The zero-order valence-corrected chi connectivity index (χ0v) is 15.4. The summed E-state index contributed by atoms with van der Waals surface area (Å²) in [4.78, 5) is 23.9. The van der Waals surface area contributed by atoms with Gasteiger partial charge in [0.25, 0.3) is 5.91 Å². The van der Waals surface area contributed by atoms with Crippen LogP contribution in [0.5, 0.6) is 0 Å². The minimum absolute atomic E-state index is 0.0294. The third kappa shape index (κ3) is 4.84. The largest absolute Gasteiger partial charge is 0.459 e. The molecular formula is C19H17N3O5S. The standard InChI is InChI=1S/C19H17N3O5S/c23-18(21-22-19(24)17-10-5-11-27-17)15-8-4-9-16(12-15)28(25,26)20-13-14-6-2-1-3-7-14/h1-12,20H,13H2,(H,21,23)(H,22,24). The molecule has 0 bridgehead atoms. The first-order chi connectivity index (χ1) is 13.5. The second-order valence-corrected chi connectivity index (χ2v) is 7.49. The fourth-order valence-electron chi connectivity index (χ4n) is 2.32. The van der Waals surface area contributed by atoms with Gasteiger partial charge in [-0.2, -0.15) is 0 Å². The Kier molecular flexibility index (Phi) is 5.87. The summed E-state index contributed by atoms with van der Waals surface area (Å²) in [5, 5.41) is 0. The van der Waals surface area contributed by atoms with E-state index in [4.69, 9.17) is 4.42 Å². The second-order valence-electron chi connectivity index (χ2n) is 5.72. The summed E-state index contributed by atoms with van der Waals surface area (Å²) in [5.74, 6) is -1.27. The number of carbonyl (C=O) groups is 2. The fourth-order valence-corrected chi connectivity index (χ4v) is 3.38. The maximum absolute atomic E-state index is 12.5. The Morgan fingerprint density at radius 1 is 0.857 bits per heavy atom. The number of hydrogen-bond acceptors (Lipinski definition) is 5. The molecule has 0 radical (unpaired) electrons. The van der Waals surface area contributed by atoms with Gasteiger partial charge in [0.2, 0.25) is 10.0 Å². The number of hydrogen-bond donors (Lipinski definition) is 3. The highest BCUT2D eigenvalue weighted by molar-refractivity contribution is 7.89. The summed E-state index contributed by atoms with van der Waals surface area (Å²) in [6.45, 7) is 0.124. The summed E-state index contributed by atoms with van der Waals surface area (Å²) in [5.41, 5.74) is 5.28. The van der Waals surface area contributed by atoms with Gasteiger partial charge in [-0.1, -0.05) is 36.4 Å². The van der Waals surface area contributed by atoms with Crippen LogP contribution in [0.25, 0.3) is 0 Å². The maximum Gasteiger partial charge on any atom is 0.305 e. The van der Waals surface area contributed by atoms with E-state index in [9.17, 15) is 18.0 Å². The minimum Gasteiger partial charge on any atom is -0.459 e. The lowest BCUT2D eigenvalue weighted by Gasteiger charge is -2.09. The van der Waals surface area contributed by atoms with E-state index in [1.165, 1.54) is 42.7 Å². The molecule has 0 unspecified atom stereocenters. The zero-order valence-electron chi connectivity index (χ0n) is 14.6. The van der Waals surface area contributed by atoms with Crippen molar-refractivity contribution in [3.8, 4) is 0 Å². The van der Waals surface area contributed by atoms with Crippen LogP contribution in [0.3, 0.4) is 0 Å². The lowest BCUT2D eigenvalue weighted by Crippen LogP contribution is -2.41. The highest BCUT2D eigenvalue weighted by atomic mass is 32.2. The van der Waals surface area contributed by atoms with Crippen LogP contribution < -0.4 is 15.6 Å². The Bertz CT molecular complexity index is 1060. The molecule has 9 heteroatoms. The third-order valence-corrected chi connectivity index (χ3v) is 5.15. The Morgan fingerprint density at radius 2 is 1.61 bits per heavy atom. The van der Waals surface area contributed by atoms with Gasteiger partial charge in [-0.15, -0.1) is 0 Å². The van der Waals surface area contributed by atoms with Gasteiger partial charge in [0.05, 0.1) is 11.2 Å². The molecule has 2 amide bonds. The van der Waals surface area contributed by atoms with Gasteiger partial charge in [-0.3, -0.25) is 20.4 Å². The van der Waals surface area contributed by atoms with Crippen molar-refractivity contribution in [2.24, 2.45) is 0 Å². The second kappa shape index (κ2) is 8.51. The highest BCUT2D eigenvalue weighted by Crippen LogP contribution is 2.12. The average Bonchev–Trinajstić information content (AvgIpc) is 3.26. The van der Waals surface area contributed by atoms with Crippen LogP contribution >= 0.6 is 0 Å². The molecule has 3 aromatic rings. The molecule has 3 N–H and O–H groups in total. The van der Waals surface area contributed by atoms with Gasteiger partial charge in [0.15, 0.2) is 5.76 Å². The summed E-state index contributed by atoms with van der Waals surface area (Å²) in [6, 6.07) is 17.5. The number of sulfonamides is 1. The predicted molar refractivity (Wildman–Crippen MR) is 101 cm³/mol. The molecule has 1 aromatic heterocycles. The van der Waals surface area contributed by atoms with E-state index in [-0.39, 0.29) is 22.8 Å². The number of furan rings is 1. The molecule has 0 saturated carbocycles. The molecule has 1 heterocycles. The van der Waals surface area contributed by atoms with Crippen LogP contribution in [0.1, 0.15) is 26.5 Å². The number of hydrazine groups is 1. The minimum atomic E-state index is -3.81. The van der Waals surface area contributed by atoms with Gasteiger partial charge < -0.3 is 4.42 Å². The number of benzene rings is 2. The van der Waals surface area contributed by atoms with Crippen molar-refractivity contribution in [2.75, 3.05) is 0 Å². The Morgan fingerprint density at radius 3 is 2.32 bits per heavy atom. The van der Waals surface area contributed by atoms with Gasteiger partial charge in [-0.25, -0.2) is 13.1 Å². The molecule has 144 valence electrons. The number of nitrogens with one attached hydrogen (secondary N) is 3. The number of rotatable bonds is 6. The fraction of sp³-hybridized carbons (Fsp3) is 0.0526. The van der Waals surface area contributed by atoms with E-state index in [1.54, 1.807) is 12.1 Å². The Labute approximate surface area is 161 Å². The Hall–Kier alpha value is -3.43. The van der Waals surface area contributed by atoms with Crippen LogP contribution in [-0.2, 0) is 16.6 Å². The van der Waals surface area contributed by atoms with E-state index in [2.05, 4.69) is 15.6 Å². The first-order valence-corrected chi connectivity index (χ1v) is 9.72. The quantitative estimate of drug-likeness (QED) is 0.547. The van der Waals surface area contributed by atoms with Gasteiger partial charge >= 0.3 is 5.91 Å². The predicted octanol–water partition coefficient (Wildman–Crippen LogP) is 1.83. The third-order valence-electron chi connectivity index (χ3n) is 3.75. The van der Waals surface area contributed by atoms with Crippen molar-refractivity contribution in [2.45, 2.75) is 11.4 Å².